The Bertz CT molecular complexity index is 778. The molecule has 4 nitrogen and oxygen atoms in total. The first kappa shape index (κ1) is 16.2. The number of carbonyl (C=O) groups excluding carboxylic acids is 1. The van der Waals surface area contributed by atoms with E-state index in [4.69, 9.17) is 10.5 Å². The minimum Gasteiger partial charge on any atom is -0.367 e. The lowest BCUT2D eigenvalue weighted by Gasteiger charge is -2.39. The zero-order chi connectivity index (χ0) is 17.4. The Morgan fingerprint density at radius 1 is 1.16 bits per heavy atom. The molecule has 0 aliphatic carbocycles. The molecular formula is C20H21FN2O2. The molecule has 130 valence electrons. The van der Waals surface area contributed by atoms with Crippen LogP contribution in [-0.4, -0.2) is 36.1 Å². The van der Waals surface area contributed by atoms with Crippen LogP contribution in [0.1, 0.15) is 29.2 Å². The van der Waals surface area contributed by atoms with Gasteiger partial charge in [-0.05, 0) is 41.7 Å². The second kappa shape index (κ2) is 6.58. The summed E-state index contributed by atoms with van der Waals surface area (Å²) in [5.41, 5.74) is 9.12. The third-order valence-corrected chi connectivity index (χ3v) is 5.06. The number of amides is 1. The van der Waals surface area contributed by atoms with Crippen molar-refractivity contribution in [1.29, 1.82) is 0 Å². The Morgan fingerprint density at radius 3 is 2.64 bits per heavy atom. The van der Waals surface area contributed by atoms with E-state index in [0.29, 0.717) is 19.6 Å². The maximum absolute atomic E-state index is 13.4. The minimum atomic E-state index is -0.483. The molecule has 5 heteroatoms. The third kappa shape index (κ3) is 3.05. The number of benzene rings is 2. The van der Waals surface area contributed by atoms with Crippen LogP contribution in [0.25, 0.3) is 0 Å². The van der Waals surface area contributed by atoms with Gasteiger partial charge in [-0.25, -0.2) is 4.39 Å². The predicted octanol–water partition coefficient (Wildman–Crippen LogP) is 2.42. The topological polar surface area (TPSA) is 55.6 Å². The lowest BCUT2D eigenvalue weighted by atomic mass is 9.87. The van der Waals surface area contributed by atoms with Crippen LogP contribution >= 0.6 is 0 Å². The molecule has 2 N–H and O–H groups in total. The van der Waals surface area contributed by atoms with E-state index in [2.05, 4.69) is 6.07 Å². The SMILES string of the molecule is NC1CO[C@H](C(=O)N2CCc3ccccc3[C@@H]2c2ccc(F)cc2)C1. The van der Waals surface area contributed by atoms with Crippen molar-refractivity contribution < 1.29 is 13.9 Å². The number of nitrogens with two attached hydrogens (primary N) is 1. The van der Waals surface area contributed by atoms with Crippen molar-refractivity contribution >= 4 is 5.91 Å². The van der Waals surface area contributed by atoms with Crippen LogP contribution < -0.4 is 5.73 Å². The molecule has 1 saturated heterocycles. The van der Waals surface area contributed by atoms with E-state index < -0.39 is 6.10 Å². The first-order valence-electron chi connectivity index (χ1n) is 8.64. The highest BCUT2D eigenvalue weighted by molar-refractivity contribution is 5.82. The largest absolute Gasteiger partial charge is 0.367 e. The molecule has 2 aliphatic heterocycles. The number of hydrogen-bond donors (Lipinski definition) is 1. The molecule has 0 radical (unpaired) electrons. The second-order valence-corrected chi connectivity index (χ2v) is 6.75. The van der Waals surface area contributed by atoms with Gasteiger partial charge in [0.2, 0.25) is 0 Å². The molecule has 2 aromatic carbocycles. The highest BCUT2D eigenvalue weighted by Gasteiger charge is 2.38. The first-order valence-corrected chi connectivity index (χ1v) is 8.64. The summed E-state index contributed by atoms with van der Waals surface area (Å²) in [6, 6.07) is 14.2. The summed E-state index contributed by atoms with van der Waals surface area (Å²) in [6.07, 6.45) is 0.870. The van der Waals surface area contributed by atoms with Gasteiger partial charge in [-0.1, -0.05) is 36.4 Å². The zero-order valence-corrected chi connectivity index (χ0v) is 13.9. The average Bonchev–Trinajstić information content (AvgIpc) is 3.07. The number of halogens is 1. The Kier molecular flexibility index (Phi) is 4.27. The van der Waals surface area contributed by atoms with E-state index in [1.165, 1.54) is 17.7 Å². The predicted molar refractivity (Wildman–Crippen MR) is 92.4 cm³/mol. The van der Waals surface area contributed by atoms with Crippen molar-refractivity contribution in [2.45, 2.75) is 31.0 Å². The van der Waals surface area contributed by atoms with Crippen molar-refractivity contribution in [3.8, 4) is 0 Å². The summed E-state index contributed by atoms with van der Waals surface area (Å²) < 4.78 is 19.0. The molecule has 2 aliphatic rings. The van der Waals surface area contributed by atoms with E-state index >= 15 is 0 Å². The van der Waals surface area contributed by atoms with Crippen molar-refractivity contribution in [1.82, 2.24) is 4.90 Å². The van der Waals surface area contributed by atoms with Gasteiger partial charge in [0.1, 0.15) is 11.9 Å². The van der Waals surface area contributed by atoms with E-state index in [0.717, 1.165) is 17.5 Å². The second-order valence-electron chi connectivity index (χ2n) is 6.75. The van der Waals surface area contributed by atoms with E-state index in [1.807, 2.05) is 23.1 Å². The van der Waals surface area contributed by atoms with Crippen LogP contribution in [0.2, 0.25) is 0 Å². The molecule has 0 bridgehead atoms. The Hall–Kier alpha value is -2.24. The van der Waals surface area contributed by atoms with Gasteiger partial charge in [-0.15, -0.1) is 0 Å². The molecule has 1 unspecified atom stereocenters. The molecule has 3 atom stereocenters. The van der Waals surface area contributed by atoms with Crippen LogP contribution in [0, 0.1) is 5.82 Å². The fourth-order valence-corrected chi connectivity index (χ4v) is 3.82. The van der Waals surface area contributed by atoms with E-state index in [9.17, 15) is 9.18 Å². The van der Waals surface area contributed by atoms with Gasteiger partial charge in [0, 0.05) is 12.6 Å². The van der Waals surface area contributed by atoms with Crippen LogP contribution in [0.3, 0.4) is 0 Å². The number of ether oxygens (including phenoxy) is 1. The van der Waals surface area contributed by atoms with Crippen molar-refractivity contribution in [3.05, 3.63) is 71.0 Å². The van der Waals surface area contributed by atoms with Crippen LogP contribution in [0.4, 0.5) is 4.39 Å². The van der Waals surface area contributed by atoms with Crippen LogP contribution in [-0.2, 0) is 16.0 Å². The van der Waals surface area contributed by atoms with Crippen LogP contribution in [0.5, 0.6) is 0 Å². The average molecular weight is 340 g/mol. The summed E-state index contributed by atoms with van der Waals surface area (Å²) in [5.74, 6) is -0.312. The molecule has 2 heterocycles. The van der Waals surface area contributed by atoms with Gasteiger partial charge in [0.25, 0.3) is 5.91 Å². The lowest BCUT2D eigenvalue weighted by Crippen LogP contribution is -2.45. The summed E-state index contributed by atoms with van der Waals surface area (Å²) in [5, 5.41) is 0. The van der Waals surface area contributed by atoms with Crippen molar-refractivity contribution in [2.75, 3.05) is 13.2 Å². The molecule has 25 heavy (non-hydrogen) atoms. The van der Waals surface area contributed by atoms with Gasteiger partial charge in [0.05, 0.1) is 12.6 Å². The van der Waals surface area contributed by atoms with E-state index in [1.54, 1.807) is 12.1 Å². The minimum absolute atomic E-state index is 0.0308. The van der Waals surface area contributed by atoms with Gasteiger partial charge in [0.15, 0.2) is 0 Å². The number of carbonyl (C=O) groups is 1. The smallest absolute Gasteiger partial charge is 0.252 e. The zero-order valence-electron chi connectivity index (χ0n) is 13.9. The molecule has 1 amide bonds. The first-order chi connectivity index (χ1) is 12.1. The van der Waals surface area contributed by atoms with Gasteiger partial charge < -0.3 is 15.4 Å². The molecule has 0 saturated carbocycles. The van der Waals surface area contributed by atoms with Gasteiger partial charge in [-0.2, -0.15) is 0 Å². The van der Waals surface area contributed by atoms with Crippen LogP contribution in [0.15, 0.2) is 48.5 Å². The van der Waals surface area contributed by atoms with E-state index in [-0.39, 0.29) is 23.8 Å². The fourth-order valence-electron chi connectivity index (χ4n) is 3.82. The molecule has 0 aromatic heterocycles. The monoisotopic (exact) mass is 340 g/mol. The van der Waals surface area contributed by atoms with Gasteiger partial charge in [-0.3, -0.25) is 4.79 Å². The van der Waals surface area contributed by atoms with Crippen molar-refractivity contribution in [3.63, 3.8) is 0 Å². The number of nitrogens with zero attached hydrogens (tertiary/aromatic N) is 1. The molecule has 2 aromatic rings. The highest BCUT2D eigenvalue weighted by atomic mass is 19.1. The van der Waals surface area contributed by atoms with Gasteiger partial charge >= 0.3 is 0 Å². The summed E-state index contributed by atoms with van der Waals surface area (Å²) in [6.45, 7) is 1.04. The summed E-state index contributed by atoms with van der Waals surface area (Å²) in [4.78, 5) is 14.9. The summed E-state index contributed by atoms with van der Waals surface area (Å²) >= 11 is 0. The normalized spacial score (nSPS) is 25.7. The maximum atomic E-state index is 13.4. The Morgan fingerprint density at radius 2 is 1.92 bits per heavy atom. The number of rotatable bonds is 2. The maximum Gasteiger partial charge on any atom is 0.252 e. The highest BCUT2D eigenvalue weighted by Crippen LogP contribution is 2.36. The molecule has 4 rings (SSSR count). The molecular weight excluding hydrogens is 319 g/mol. The quantitative estimate of drug-likeness (QED) is 0.913. The standard InChI is InChI=1S/C20H21FN2O2/c21-15-7-5-14(6-8-15)19-17-4-2-1-3-13(17)9-10-23(19)20(24)18-11-16(22)12-25-18/h1-8,16,18-19H,9-12,22H2/t16?,18-,19-/m0/s1. The Balaban J connectivity index is 1.72. The Labute approximate surface area is 146 Å². The fraction of sp³-hybridized carbons (Fsp3) is 0.350. The number of fused-ring (bicyclic) bond motifs is 1. The van der Waals surface area contributed by atoms with Crippen molar-refractivity contribution in [2.24, 2.45) is 5.73 Å². The third-order valence-electron chi connectivity index (χ3n) is 5.06. The molecule has 1 fully saturated rings. The summed E-state index contributed by atoms with van der Waals surface area (Å²) in [7, 11) is 0. The molecule has 0 spiro atoms. The number of hydrogen-bond acceptors (Lipinski definition) is 3. The lowest BCUT2D eigenvalue weighted by molar-refractivity contribution is -0.143.